The summed E-state index contributed by atoms with van der Waals surface area (Å²) < 4.78 is 26.5. The Morgan fingerprint density at radius 1 is 1.23 bits per heavy atom. The summed E-state index contributed by atoms with van der Waals surface area (Å²) in [6, 6.07) is 1.99. The molecule has 1 aromatic carbocycles. The first-order chi connectivity index (χ1) is 6.20. The zero-order valence-corrected chi connectivity index (χ0v) is 7.19. The van der Waals surface area contributed by atoms with Crippen LogP contribution in [0.25, 0.3) is 0 Å². The van der Waals surface area contributed by atoms with Crippen molar-refractivity contribution in [3.63, 3.8) is 0 Å². The molecule has 0 radical (unpaired) electrons. The highest BCUT2D eigenvalue weighted by atomic mass is 19.1. The van der Waals surface area contributed by atoms with Gasteiger partial charge in [-0.05, 0) is 37.0 Å². The molecule has 1 aliphatic carbocycles. The van der Waals surface area contributed by atoms with Crippen LogP contribution in [0.4, 0.5) is 8.78 Å². The second kappa shape index (κ2) is 3.07. The Bertz CT molecular complexity index is 336. The summed E-state index contributed by atoms with van der Waals surface area (Å²) in [7, 11) is 0. The molecule has 3 heteroatoms. The number of halogens is 2. The van der Waals surface area contributed by atoms with Crippen LogP contribution in [0, 0.1) is 11.6 Å². The van der Waals surface area contributed by atoms with Gasteiger partial charge in [0.25, 0.3) is 0 Å². The second-order valence-electron chi connectivity index (χ2n) is 3.42. The summed E-state index contributed by atoms with van der Waals surface area (Å²) in [6.07, 6.45) is 2.19. The van der Waals surface area contributed by atoms with Gasteiger partial charge in [-0.2, -0.15) is 0 Å². The Kier molecular flexibility index (Phi) is 2.04. The fourth-order valence-electron chi connectivity index (χ4n) is 1.91. The van der Waals surface area contributed by atoms with Gasteiger partial charge < -0.3 is 5.73 Å². The van der Waals surface area contributed by atoms with Gasteiger partial charge in [0, 0.05) is 11.6 Å². The molecule has 0 saturated carbocycles. The molecule has 2 N–H and O–H groups in total. The average Bonchev–Trinajstić information content (AvgIpc) is 2.12. The van der Waals surface area contributed by atoms with Crippen molar-refractivity contribution < 1.29 is 8.78 Å². The van der Waals surface area contributed by atoms with Crippen LogP contribution >= 0.6 is 0 Å². The minimum absolute atomic E-state index is 0.327. The van der Waals surface area contributed by atoms with Gasteiger partial charge in [0.1, 0.15) is 11.6 Å². The Balaban J connectivity index is 2.60. The Labute approximate surface area is 75.6 Å². The van der Waals surface area contributed by atoms with Crippen LogP contribution < -0.4 is 5.73 Å². The highest BCUT2D eigenvalue weighted by molar-refractivity contribution is 5.34. The van der Waals surface area contributed by atoms with Crippen LogP contribution in [0.1, 0.15) is 30.0 Å². The lowest BCUT2D eigenvalue weighted by Crippen LogP contribution is -2.20. The molecule has 1 unspecified atom stereocenters. The lowest BCUT2D eigenvalue weighted by atomic mass is 9.87. The van der Waals surface area contributed by atoms with Crippen LogP contribution in [0.2, 0.25) is 0 Å². The van der Waals surface area contributed by atoms with Crippen LogP contribution in [-0.4, -0.2) is 0 Å². The van der Waals surface area contributed by atoms with E-state index in [-0.39, 0.29) is 17.7 Å². The first-order valence-corrected chi connectivity index (χ1v) is 4.42. The van der Waals surface area contributed by atoms with E-state index >= 15 is 0 Å². The molecular formula is C10H11F2N. The zero-order valence-electron chi connectivity index (χ0n) is 7.19. The summed E-state index contributed by atoms with van der Waals surface area (Å²) >= 11 is 0. The molecule has 0 fully saturated rings. The minimum Gasteiger partial charge on any atom is -0.324 e. The molecular weight excluding hydrogens is 172 g/mol. The number of rotatable bonds is 0. The molecule has 0 bridgehead atoms. The molecule has 1 nitrogen and oxygen atoms in total. The third-order valence-electron chi connectivity index (χ3n) is 2.56. The predicted octanol–water partition coefficient (Wildman–Crippen LogP) is 2.30. The molecule has 0 spiro atoms. The number of hydrogen-bond donors (Lipinski definition) is 1. The van der Waals surface area contributed by atoms with E-state index < -0.39 is 0 Å². The van der Waals surface area contributed by atoms with Crippen molar-refractivity contribution in [3.8, 4) is 0 Å². The average molecular weight is 183 g/mol. The monoisotopic (exact) mass is 183 g/mol. The first-order valence-electron chi connectivity index (χ1n) is 4.42. The van der Waals surface area contributed by atoms with Crippen LogP contribution in [-0.2, 0) is 6.42 Å². The largest absolute Gasteiger partial charge is 0.324 e. The van der Waals surface area contributed by atoms with Crippen molar-refractivity contribution in [2.24, 2.45) is 5.73 Å². The topological polar surface area (TPSA) is 26.0 Å². The normalized spacial score (nSPS) is 21.3. The number of fused-ring (bicyclic) bond motifs is 1. The molecule has 13 heavy (non-hydrogen) atoms. The van der Waals surface area contributed by atoms with Gasteiger partial charge in [-0.15, -0.1) is 0 Å². The highest BCUT2D eigenvalue weighted by Gasteiger charge is 2.23. The molecule has 1 atom stereocenters. The van der Waals surface area contributed by atoms with Gasteiger partial charge >= 0.3 is 0 Å². The van der Waals surface area contributed by atoms with Crippen molar-refractivity contribution in [1.82, 2.24) is 0 Å². The third kappa shape index (κ3) is 1.33. The molecule has 0 heterocycles. The van der Waals surface area contributed by atoms with E-state index in [0.717, 1.165) is 18.9 Å². The summed E-state index contributed by atoms with van der Waals surface area (Å²) in [6.45, 7) is 0. The molecule has 0 aliphatic heterocycles. The molecule has 1 aromatic rings. The Morgan fingerprint density at radius 2 is 1.92 bits per heavy atom. The molecule has 70 valence electrons. The SMILES string of the molecule is NC1CCCc2c(F)ccc(F)c21. The summed E-state index contributed by atoms with van der Waals surface area (Å²) in [5.41, 5.74) is 6.56. The number of hydrogen-bond acceptors (Lipinski definition) is 1. The van der Waals surface area contributed by atoms with E-state index in [1.54, 1.807) is 0 Å². The minimum atomic E-state index is -0.372. The third-order valence-corrected chi connectivity index (χ3v) is 2.56. The molecule has 0 aromatic heterocycles. The maximum Gasteiger partial charge on any atom is 0.128 e. The number of benzene rings is 1. The quantitative estimate of drug-likeness (QED) is 0.656. The van der Waals surface area contributed by atoms with Gasteiger partial charge in [0.15, 0.2) is 0 Å². The van der Waals surface area contributed by atoms with Crippen molar-refractivity contribution in [2.75, 3.05) is 0 Å². The van der Waals surface area contributed by atoms with Crippen LogP contribution in [0.5, 0.6) is 0 Å². The summed E-state index contributed by atoms with van der Waals surface area (Å²) in [4.78, 5) is 0. The summed E-state index contributed by atoms with van der Waals surface area (Å²) in [5.74, 6) is -0.699. The van der Waals surface area contributed by atoms with Crippen LogP contribution in [0.3, 0.4) is 0 Å². The van der Waals surface area contributed by atoms with E-state index in [4.69, 9.17) is 5.73 Å². The maximum absolute atomic E-state index is 13.3. The molecule has 1 aliphatic rings. The van der Waals surface area contributed by atoms with Crippen molar-refractivity contribution in [1.29, 1.82) is 0 Å². The first kappa shape index (κ1) is 8.63. The van der Waals surface area contributed by atoms with Gasteiger partial charge in [0.2, 0.25) is 0 Å². The van der Waals surface area contributed by atoms with E-state index in [1.807, 2.05) is 0 Å². The van der Waals surface area contributed by atoms with Crippen molar-refractivity contribution >= 4 is 0 Å². The van der Waals surface area contributed by atoms with E-state index in [0.29, 0.717) is 17.5 Å². The Morgan fingerprint density at radius 3 is 2.62 bits per heavy atom. The molecule has 0 saturated heterocycles. The van der Waals surface area contributed by atoms with Gasteiger partial charge in [-0.25, -0.2) is 8.78 Å². The molecule has 0 amide bonds. The predicted molar refractivity (Wildman–Crippen MR) is 46.2 cm³/mol. The van der Waals surface area contributed by atoms with Gasteiger partial charge in [-0.1, -0.05) is 0 Å². The number of nitrogens with two attached hydrogens (primary N) is 1. The smallest absolute Gasteiger partial charge is 0.128 e. The van der Waals surface area contributed by atoms with Gasteiger partial charge in [0.05, 0.1) is 0 Å². The van der Waals surface area contributed by atoms with E-state index in [9.17, 15) is 8.78 Å². The highest BCUT2D eigenvalue weighted by Crippen LogP contribution is 2.31. The fourth-order valence-corrected chi connectivity index (χ4v) is 1.91. The van der Waals surface area contributed by atoms with Crippen molar-refractivity contribution in [3.05, 3.63) is 34.9 Å². The lowest BCUT2D eigenvalue weighted by Gasteiger charge is -2.22. The second-order valence-corrected chi connectivity index (χ2v) is 3.42. The van der Waals surface area contributed by atoms with Gasteiger partial charge in [-0.3, -0.25) is 0 Å². The van der Waals surface area contributed by atoms with E-state index in [1.165, 1.54) is 6.07 Å². The molecule has 2 rings (SSSR count). The zero-order chi connectivity index (χ0) is 9.42. The maximum atomic E-state index is 13.3. The lowest BCUT2D eigenvalue weighted by molar-refractivity contribution is 0.493. The fraction of sp³-hybridized carbons (Fsp3) is 0.400. The van der Waals surface area contributed by atoms with E-state index in [2.05, 4.69) is 0 Å². The van der Waals surface area contributed by atoms with Crippen molar-refractivity contribution in [2.45, 2.75) is 25.3 Å². The summed E-state index contributed by atoms with van der Waals surface area (Å²) in [5, 5.41) is 0. The van der Waals surface area contributed by atoms with Crippen LogP contribution in [0.15, 0.2) is 12.1 Å². The standard InChI is InChI=1S/C10H11F2N/c11-7-4-5-8(12)10-6(7)2-1-3-9(10)13/h4-5,9H,1-3,13H2. The Hall–Kier alpha value is -0.960.